The van der Waals surface area contributed by atoms with Crippen LogP contribution < -0.4 is 0 Å². The van der Waals surface area contributed by atoms with Crippen molar-refractivity contribution in [1.82, 2.24) is 14.9 Å². The standard InChI is InChI=1S/C20H21N3OS/c1-3-15-8-10-16(11-9-15)12-23(2)19(24)13-25-20-17-6-4-5-7-18(17)21-14-22-20/h4-11,14H,3,12-13H2,1-2H3. The van der Waals surface area contributed by atoms with Crippen molar-refractivity contribution in [2.75, 3.05) is 12.8 Å². The third-order valence-electron chi connectivity index (χ3n) is 4.12. The lowest BCUT2D eigenvalue weighted by atomic mass is 10.1. The Balaban J connectivity index is 1.61. The highest BCUT2D eigenvalue weighted by Crippen LogP contribution is 2.24. The first-order valence-corrected chi connectivity index (χ1v) is 9.30. The molecule has 0 radical (unpaired) electrons. The molecule has 1 heterocycles. The van der Waals surface area contributed by atoms with Crippen LogP contribution in [-0.4, -0.2) is 33.6 Å². The molecule has 4 nitrogen and oxygen atoms in total. The highest BCUT2D eigenvalue weighted by Gasteiger charge is 2.12. The predicted molar refractivity (Wildman–Crippen MR) is 103 cm³/mol. The average molecular weight is 351 g/mol. The SMILES string of the molecule is CCc1ccc(CN(C)C(=O)CSc2ncnc3ccccc23)cc1. The number of hydrogen-bond donors (Lipinski definition) is 0. The quantitative estimate of drug-likeness (QED) is 0.498. The second-order valence-electron chi connectivity index (χ2n) is 5.90. The van der Waals surface area contributed by atoms with Crippen molar-refractivity contribution in [3.8, 4) is 0 Å². The van der Waals surface area contributed by atoms with Crippen molar-refractivity contribution in [2.24, 2.45) is 0 Å². The van der Waals surface area contributed by atoms with Gasteiger partial charge in [-0.05, 0) is 23.6 Å². The van der Waals surface area contributed by atoms with Crippen LogP contribution in [0.3, 0.4) is 0 Å². The minimum Gasteiger partial charge on any atom is -0.341 e. The summed E-state index contributed by atoms with van der Waals surface area (Å²) in [5.74, 6) is 0.456. The molecule has 1 amide bonds. The molecule has 0 atom stereocenters. The number of aryl methyl sites for hydroxylation is 1. The van der Waals surface area contributed by atoms with Crippen LogP contribution in [0.1, 0.15) is 18.1 Å². The molecule has 0 aliphatic carbocycles. The Bertz CT molecular complexity index is 859. The average Bonchev–Trinajstić information content (AvgIpc) is 2.66. The van der Waals surface area contributed by atoms with E-state index in [1.807, 2.05) is 31.3 Å². The maximum atomic E-state index is 12.4. The third kappa shape index (κ3) is 4.37. The van der Waals surface area contributed by atoms with Gasteiger partial charge in [-0.1, -0.05) is 61.2 Å². The van der Waals surface area contributed by atoms with Gasteiger partial charge in [0.2, 0.25) is 5.91 Å². The molecule has 0 aliphatic heterocycles. The molecule has 5 heteroatoms. The van der Waals surface area contributed by atoms with Gasteiger partial charge in [0.15, 0.2) is 0 Å². The summed E-state index contributed by atoms with van der Waals surface area (Å²) in [5.41, 5.74) is 3.35. The van der Waals surface area contributed by atoms with E-state index in [9.17, 15) is 4.79 Å². The lowest BCUT2D eigenvalue weighted by Crippen LogP contribution is -2.27. The summed E-state index contributed by atoms with van der Waals surface area (Å²) in [7, 11) is 1.84. The monoisotopic (exact) mass is 351 g/mol. The van der Waals surface area contributed by atoms with Crippen molar-refractivity contribution in [2.45, 2.75) is 24.9 Å². The number of carbonyl (C=O) groups is 1. The topological polar surface area (TPSA) is 46.1 Å². The summed E-state index contributed by atoms with van der Waals surface area (Å²) in [6.45, 7) is 2.76. The van der Waals surface area contributed by atoms with E-state index in [2.05, 4.69) is 41.2 Å². The van der Waals surface area contributed by atoms with Gasteiger partial charge in [0.25, 0.3) is 0 Å². The number of thioether (sulfide) groups is 1. The Hall–Kier alpha value is -2.40. The van der Waals surface area contributed by atoms with E-state index in [1.165, 1.54) is 17.3 Å². The number of benzene rings is 2. The van der Waals surface area contributed by atoms with Gasteiger partial charge in [-0.2, -0.15) is 0 Å². The van der Waals surface area contributed by atoms with E-state index in [0.717, 1.165) is 27.9 Å². The Morgan fingerprint density at radius 3 is 2.52 bits per heavy atom. The molecular formula is C20H21N3OS. The molecular weight excluding hydrogens is 330 g/mol. The number of amides is 1. The second-order valence-corrected chi connectivity index (χ2v) is 6.87. The van der Waals surface area contributed by atoms with Gasteiger partial charge in [0.05, 0.1) is 11.3 Å². The molecule has 128 valence electrons. The summed E-state index contributed by atoms with van der Waals surface area (Å²) in [4.78, 5) is 22.8. The molecule has 0 spiro atoms. The molecule has 0 bridgehead atoms. The van der Waals surface area contributed by atoms with Gasteiger partial charge >= 0.3 is 0 Å². The minimum absolute atomic E-state index is 0.0901. The van der Waals surface area contributed by atoms with Crippen LogP contribution in [0.5, 0.6) is 0 Å². The van der Waals surface area contributed by atoms with Crippen molar-refractivity contribution in [3.63, 3.8) is 0 Å². The van der Waals surface area contributed by atoms with E-state index >= 15 is 0 Å². The second kappa shape index (κ2) is 8.12. The molecule has 2 aromatic carbocycles. The van der Waals surface area contributed by atoms with E-state index in [-0.39, 0.29) is 5.91 Å². The Morgan fingerprint density at radius 2 is 1.76 bits per heavy atom. The number of fused-ring (bicyclic) bond motifs is 1. The number of rotatable bonds is 6. The molecule has 1 aromatic heterocycles. The molecule has 0 unspecified atom stereocenters. The van der Waals surface area contributed by atoms with E-state index in [4.69, 9.17) is 0 Å². The van der Waals surface area contributed by atoms with Crippen molar-refractivity contribution >= 4 is 28.6 Å². The van der Waals surface area contributed by atoms with Crippen LogP contribution in [0.15, 0.2) is 59.9 Å². The van der Waals surface area contributed by atoms with Gasteiger partial charge in [0.1, 0.15) is 11.4 Å². The van der Waals surface area contributed by atoms with E-state index in [0.29, 0.717) is 12.3 Å². The molecule has 0 fully saturated rings. The highest BCUT2D eigenvalue weighted by molar-refractivity contribution is 8.00. The molecule has 3 aromatic rings. The lowest BCUT2D eigenvalue weighted by Gasteiger charge is -2.17. The zero-order chi connectivity index (χ0) is 17.6. The van der Waals surface area contributed by atoms with Crippen molar-refractivity contribution in [1.29, 1.82) is 0 Å². The van der Waals surface area contributed by atoms with Crippen LogP contribution in [-0.2, 0) is 17.8 Å². The molecule has 3 rings (SSSR count). The first-order chi connectivity index (χ1) is 12.2. The van der Waals surface area contributed by atoms with Gasteiger partial charge in [-0.15, -0.1) is 0 Å². The summed E-state index contributed by atoms with van der Waals surface area (Å²) < 4.78 is 0. The molecule has 0 aliphatic rings. The summed E-state index contributed by atoms with van der Waals surface area (Å²) in [6, 6.07) is 16.3. The third-order valence-corrected chi connectivity index (χ3v) is 5.11. The summed E-state index contributed by atoms with van der Waals surface area (Å²) in [6.07, 6.45) is 2.58. The van der Waals surface area contributed by atoms with Crippen molar-refractivity contribution < 1.29 is 4.79 Å². The summed E-state index contributed by atoms with van der Waals surface area (Å²) in [5, 5.41) is 1.83. The molecule has 25 heavy (non-hydrogen) atoms. The van der Waals surface area contributed by atoms with Gasteiger partial charge in [-0.25, -0.2) is 9.97 Å². The first-order valence-electron chi connectivity index (χ1n) is 8.31. The number of hydrogen-bond acceptors (Lipinski definition) is 4. The van der Waals surface area contributed by atoms with Crippen LogP contribution >= 0.6 is 11.8 Å². The number of nitrogens with zero attached hydrogens (tertiary/aromatic N) is 3. The number of aromatic nitrogens is 2. The fourth-order valence-corrected chi connectivity index (χ4v) is 3.51. The summed E-state index contributed by atoms with van der Waals surface area (Å²) >= 11 is 1.46. The van der Waals surface area contributed by atoms with Crippen LogP contribution in [0, 0.1) is 0 Å². The van der Waals surface area contributed by atoms with Gasteiger partial charge < -0.3 is 4.90 Å². The highest BCUT2D eigenvalue weighted by atomic mass is 32.2. The van der Waals surface area contributed by atoms with Crippen LogP contribution in [0.2, 0.25) is 0 Å². The fraction of sp³-hybridized carbons (Fsp3) is 0.250. The molecule has 0 N–H and O–H groups in total. The van der Waals surface area contributed by atoms with Gasteiger partial charge in [0, 0.05) is 19.0 Å². The van der Waals surface area contributed by atoms with Crippen molar-refractivity contribution in [3.05, 3.63) is 66.0 Å². The van der Waals surface area contributed by atoms with Crippen LogP contribution in [0.25, 0.3) is 10.9 Å². The number of para-hydroxylation sites is 1. The van der Waals surface area contributed by atoms with E-state index < -0.39 is 0 Å². The zero-order valence-electron chi connectivity index (χ0n) is 14.5. The maximum Gasteiger partial charge on any atom is 0.233 e. The van der Waals surface area contributed by atoms with Crippen LogP contribution in [0.4, 0.5) is 0 Å². The maximum absolute atomic E-state index is 12.4. The van der Waals surface area contributed by atoms with Gasteiger partial charge in [-0.3, -0.25) is 4.79 Å². The largest absolute Gasteiger partial charge is 0.341 e. The number of carbonyl (C=O) groups excluding carboxylic acids is 1. The normalized spacial score (nSPS) is 10.8. The first kappa shape index (κ1) is 17.4. The fourth-order valence-electron chi connectivity index (χ4n) is 2.58. The smallest absolute Gasteiger partial charge is 0.233 e. The Labute approximate surface area is 152 Å². The molecule has 0 saturated heterocycles. The Kier molecular flexibility index (Phi) is 5.66. The predicted octanol–water partition coefficient (Wildman–Crippen LogP) is 3.94. The van der Waals surface area contributed by atoms with E-state index in [1.54, 1.807) is 11.2 Å². The molecule has 0 saturated carbocycles. The Morgan fingerprint density at radius 1 is 1.04 bits per heavy atom. The lowest BCUT2D eigenvalue weighted by molar-refractivity contribution is -0.127. The zero-order valence-corrected chi connectivity index (χ0v) is 15.3. The minimum atomic E-state index is 0.0901.